The molecule has 154 valence electrons. The van der Waals surface area contributed by atoms with Crippen LogP contribution in [-0.2, 0) is 27.2 Å². The predicted octanol–water partition coefficient (Wildman–Crippen LogP) is 4.51. The Bertz CT molecular complexity index is 734. The van der Waals surface area contributed by atoms with E-state index in [0.717, 1.165) is 17.9 Å². The van der Waals surface area contributed by atoms with Crippen molar-refractivity contribution >= 4 is 5.97 Å². The van der Waals surface area contributed by atoms with Crippen molar-refractivity contribution in [2.24, 2.45) is 0 Å². The highest BCUT2D eigenvalue weighted by Gasteiger charge is 2.20. The minimum atomic E-state index is -0.567. The van der Waals surface area contributed by atoms with Crippen LogP contribution in [0, 0.1) is 6.92 Å². The van der Waals surface area contributed by atoms with Crippen molar-refractivity contribution < 1.29 is 19.0 Å². The minimum Gasteiger partial charge on any atom is -0.492 e. The summed E-state index contributed by atoms with van der Waals surface area (Å²) in [5.74, 6) is 1.00. The van der Waals surface area contributed by atoms with Crippen LogP contribution in [0.5, 0.6) is 5.75 Å². The molecule has 0 saturated carbocycles. The second kappa shape index (κ2) is 10.9. The SMILES string of the molecule is CCOC(=O)[C@H](Cc1ccc(OCCn2c(C)ccc2C(C)C)cc1)OCC. The number of esters is 1. The zero-order valence-electron chi connectivity index (χ0n) is 17.7. The van der Waals surface area contributed by atoms with Crippen molar-refractivity contribution in [2.75, 3.05) is 19.8 Å². The van der Waals surface area contributed by atoms with E-state index in [-0.39, 0.29) is 5.97 Å². The second-order valence-corrected chi connectivity index (χ2v) is 7.10. The summed E-state index contributed by atoms with van der Waals surface area (Å²) in [6, 6.07) is 12.2. The molecule has 0 bridgehead atoms. The summed E-state index contributed by atoms with van der Waals surface area (Å²) >= 11 is 0. The second-order valence-electron chi connectivity index (χ2n) is 7.10. The maximum absolute atomic E-state index is 12.0. The van der Waals surface area contributed by atoms with Crippen LogP contribution in [0.1, 0.15) is 50.6 Å². The number of nitrogens with zero attached hydrogens (tertiary/aromatic N) is 1. The fraction of sp³-hybridized carbons (Fsp3) is 0.522. The number of aryl methyl sites for hydroxylation is 1. The highest BCUT2D eigenvalue weighted by Crippen LogP contribution is 2.19. The average molecular weight is 388 g/mol. The number of rotatable bonds is 11. The Hall–Kier alpha value is -2.27. The molecule has 0 aliphatic rings. The van der Waals surface area contributed by atoms with E-state index in [1.54, 1.807) is 6.92 Å². The quantitative estimate of drug-likeness (QED) is 0.532. The van der Waals surface area contributed by atoms with E-state index in [2.05, 4.69) is 37.5 Å². The molecule has 5 nitrogen and oxygen atoms in total. The standard InChI is InChI=1S/C23H33NO4/c1-6-26-22(23(25)27-7-2)16-19-9-11-20(12-10-19)28-15-14-24-18(5)8-13-21(24)17(3)4/h8-13,17,22H,6-7,14-16H2,1-5H3/t22-/m0/s1. The van der Waals surface area contributed by atoms with E-state index in [9.17, 15) is 4.79 Å². The lowest BCUT2D eigenvalue weighted by atomic mass is 10.1. The molecule has 0 aliphatic carbocycles. The van der Waals surface area contributed by atoms with Crippen molar-refractivity contribution in [3.8, 4) is 5.75 Å². The number of carbonyl (C=O) groups excluding carboxylic acids is 1. The van der Waals surface area contributed by atoms with Crippen LogP contribution < -0.4 is 4.74 Å². The molecule has 0 saturated heterocycles. The molecule has 0 unspecified atom stereocenters. The molecule has 1 aromatic heterocycles. The van der Waals surface area contributed by atoms with Crippen molar-refractivity contribution in [3.05, 3.63) is 53.3 Å². The molecule has 2 rings (SSSR count). The Balaban J connectivity index is 1.90. The minimum absolute atomic E-state index is 0.312. The van der Waals surface area contributed by atoms with Crippen molar-refractivity contribution in [2.45, 2.75) is 59.6 Å². The molecule has 0 fully saturated rings. The van der Waals surface area contributed by atoms with Crippen LogP contribution in [0.2, 0.25) is 0 Å². The third-order valence-corrected chi connectivity index (χ3v) is 4.67. The Labute approximate surface area is 168 Å². The first kappa shape index (κ1) is 22.0. The van der Waals surface area contributed by atoms with Gasteiger partial charge < -0.3 is 18.8 Å². The summed E-state index contributed by atoms with van der Waals surface area (Å²) < 4.78 is 18.8. The van der Waals surface area contributed by atoms with Gasteiger partial charge in [0.05, 0.1) is 13.2 Å². The first-order chi connectivity index (χ1) is 13.5. The number of aromatic nitrogens is 1. The van der Waals surface area contributed by atoms with E-state index < -0.39 is 6.10 Å². The largest absolute Gasteiger partial charge is 0.492 e. The first-order valence-corrected chi connectivity index (χ1v) is 10.1. The van der Waals surface area contributed by atoms with Gasteiger partial charge in [-0.1, -0.05) is 26.0 Å². The molecule has 0 amide bonds. The Morgan fingerprint density at radius 3 is 2.36 bits per heavy atom. The Morgan fingerprint density at radius 1 is 1.04 bits per heavy atom. The Kier molecular flexibility index (Phi) is 8.58. The van der Waals surface area contributed by atoms with Crippen LogP contribution in [0.25, 0.3) is 0 Å². The lowest BCUT2D eigenvalue weighted by Gasteiger charge is -2.16. The summed E-state index contributed by atoms with van der Waals surface area (Å²) in [7, 11) is 0. The molecule has 5 heteroatoms. The van der Waals surface area contributed by atoms with Gasteiger partial charge in [0.2, 0.25) is 0 Å². The molecule has 0 aliphatic heterocycles. The number of ether oxygens (including phenoxy) is 3. The molecule has 0 spiro atoms. The van der Waals surface area contributed by atoms with E-state index >= 15 is 0 Å². The highest BCUT2D eigenvalue weighted by atomic mass is 16.6. The van der Waals surface area contributed by atoms with Crippen molar-refractivity contribution in [1.82, 2.24) is 4.57 Å². The lowest BCUT2D eigenvalue weighted by molar-refractivity contribution is -0.156. The van der Waals surface area contributed by atoms with Crippen LogP contribution in [0.15, 0.2) is 36.4 Å². The summed E-state index contributed by atoms with van der Waals surface area (Å²) in [5.41, 5.74) is 3.60. The van der Waals surface area contributed by atoms with Gasteiger partial charge >= 0.3 is 5.97 Å². The smallest absolute Gasteiger partial charge is 0.335 e. The number of hydrogen-bond acceptors (Lipinski definition) is 4. The molecule has 1 atom stereocenters. The van der Waals surface area contributed by atoms with Gasteiger partial charge in [-0.2, -0.15) is 0 Å². The molecule has 1 heterocycles. The van der Waals surface area contributed by atoms with Crippen molar-refractivity contribution in [1.29, 1.82) is 0 Å². The summed E-state index contributed by atoms with van der Waals surface area (Å²) in [5, 5.41) is 0. The Morgan fingerprint density at radius 2 is 1.75 bits per heavy atom. The fourth-order valence-electron chi connectivity index (χ4n) is 3.24. The van der Waals surface area contributed by atoms with Gasteiger partial charge in [0.15, 0.2) is 6.10 Å². The summed E-state index contributed by atoms with van der Waals surface area (Å²) in [6.45, 7) is 12.5. The van der Waals surface area contributed by atoms with E-state index in [1.807, 2.05) is 31.2 Å². The van der Waals surface area contributed by atoms with Gasteiger partial charge in [0.25, 0.3) is 0 Å². The molecule has 0 radical (unpaired) electrons. The lowest BCUT2D eigenvalue weighted by Crippen LogP contribution is -2.28. The van der Waals surface area contributed by atoms with E-state index in [0.29, 0.717) is 32.2 Å². The van der Waals surface area contributed by atoms with Gasteiger partial charge in [-0.3, -0.25) is 0 Å². The van der Waals surface area contributed by atoms with Crippen LogP contribution in [0.4, 0.5) is 0 Å². The maximum Gasteiger partial charge on any atom is 0.335 e. The first-order valence-electron chi connectivity index (χ1n) is 10.1. The average Bonchev–Trinajstić information content (AvgIpc) is 3.04. The van der Waals surface area contributed by atoms with Crippen LogP contribution >= 0.6 is 0 Å². The van der Waals surface area contributed by atoms with Gasteiger partial charge in [-0.15, -0.1) is 0 Å². The van der Waals surface area contributed by atoms with Crippen molar-refractivity contribution in [3.63, 3.8) is 0 Å². The summed E-state index contributed by atoms with van der Waals surface area (Å²) in [4.78, 5) is 12.0. The topological polar surface area (TPSA) is 49.7 Å². The van der Waals surface area contributed by atoms with Gasteiger partial charge in [-0.05, 0) is 56.5 Å². The zero-order chi connectivity index (χ0) is 20.5. The highest BCUT2D eigenvalue weighted by molar-refractivity contribution is 5.75. The zero-order valence-corrected chi connectivity index (χ0v) is 17.7. The monoisotopic (exact) mass is 387 g/mol. The molecular formula is C23H33NO4. The molecular weight excluding hydrogens is 354 g/mol. The molecule has 1 aromatic carbocycles. The number of hydrogen-bond donors (Lipinski definition) is 0. The molecule has 2 aromatic rings. The maximum atomic E-state index is 12.0. The molecule has 28 heavy (non-hydrogen) atoms. The normalized spacial score (nSPS) is 12.2. The van der Waals surface area contributed by atoms with Gasteiger partial charge in [0.1, 0.15) is 12.4 Å². The van der Waals surface area contributed by atoms with Gasteiger partial charge in [-0.25, -0.2) is 4.79 Å². The van der Waals surface area contributed by atoms with Crippen LogP contribution in [-0.4, -0.2) is 36.5 Å². The number of benzene rings is 1. The van der Waals surface area contributed by atoms with Crippen LogP contribution in [0.3, 0.4) is 0 Å². The van der Waals surface area contributed by atoms with E-state index in [1.165, 1.54) is 11.4 Å². The number of carbonyl (C=O) groups is 1. The fourth-order valence-corrected chi connectivity index (χ4v) is 3.24. The third kappa shape index (κ3) is 6.13. The van der Waals surface area contributed by atoms with E-state index in [4.69, 9.17) is 14.2 Å². The predicted molar refractivity (Wildman–Crippen MR) is 111 cm³/mol. The molecule has 0 N–H and O–H groups in total. The van der Waals surface area contributed by atoms with Gasteiger partial charge in [0, 0.05) is 24.4 Å². The summed E-state index contributed by atoms with van der Waals surface area (Å²) in [6.07, 6.45) is -0.0735. The third-order valence-electron chi connectivity index (χ3n) is 4.67.